The van der Waals surface area contributed by atoms with Crippen LogP contribution < -0.4 is 0 Å². The number of benzene rings is 1. The lowest BCUT2D eigenvalue weighted by molar-refractivity contribution is 0.0699. The maximum Gasteiger partial charge on any atom is 0.336 e. The number of halogens is 1. The number of hydrogen-bond donors (Lipinski definition) is 1. The quantitative estimate of drug-likeness (QED) is 0.771. The lowest BCUT2D eigenvalue weighted by Gasteiger charge is -2.08. The summed E-state index contributed by atoms with van der Waals surface area (Å²) in [5, 5.41) is 13.4. The third-order valence-electron chi connectivity index (χ3n) is 3.06. The molecule has 0 aliphatic heterocycles. The van der Waals surface area contributed by atoms with E-state index in [4.69, 9.17) is 0 Å². The summed E-state index contributed by atoms with van der Waals surface area (Å²) in [6.45, 7) is 1.72. The molecule has 0 fully saturated rings. The van der Waals surface area contributed by atoms with Crippen molar-refractivity contribution in [3.8, 4) is 11.3 Å². The summed E-state index contributed by atoms with van der Waals surface area (Å²) in [6, 6.07) is 6.33. The lowest BCUT2D eigenvalue weighted by Crippen LogP contribution is -2.01. The highest BCUT2D eigenvalue weighted by molar-refractivity contribution is 7.08. The molecule has 1 aromatic carbocycles. The summed E-state index contributed by atoms with van der Waals surface area (Å²) in [5.41, 5.74) is 2.09. The van der Waals surface area contributed by atoms with Gasteiger partial charge in [-0.05, 0) is 42.1 Å². The van der Waals surface area contributed by atoms with Crippen molar-refractivity contribution >= 4 is 28.2 Å². The highest BCUT2D eigenvalue weighted by Crippen LogP contribution is 2.28. The first-order chi connectivity index (χ1) is 9.56. The Morgan fingerprint density at radius 2 is 2.15 bits per heavy atom. The third kappa shape index (κ3) is 2.06. The topological polar surface area (TPSA) is 50.2 Å². The van der Waals surface area contributed by atoms with Crippen LogP contribution in [0.3, 0.4) is 0 Å². The van der Waals surface area contributed by atoms with Crippen LogP contribution in [0.15, 0.2) is 35.0 Å². The van der Waals surface area contributed by atoms with E-state index in [9.17, 15) is 14.3 Å². The molecule has 0 saturated heterocycles. The van der Waals surface area contributed by atoms with Gasteiger partial charge < -0.3 is 5.11 Å². The number of fused-ring (bicyclic) bond motifs is 1. The minimum Gasteiger partial charge on any atom is -0.478 e. The predicted molar refractivity (Wildman–Crippen MR) is 76.7 cm³/mol. The second-order valence-corrected chi connectivity index (χ2v) is 5.30. The summed E-state index contributed by atoms with van der Waals surface area (Å²) in [7, 11) is 0. The number of carboxylic acids is 1. The Hall–Kier alpha value is -2.27. The van der Waals surface area contributed by atoms with Crippen molar-refractivity contribution in [3.05, 3.63) is 52.0 Å². The number of rotatable bonds is 2. The molecular formula is C15H10FNO2S. The molecule has 0 amide bonds. The highest BCUT2D eigenvalue weighted by Gasteiger charge is 2.16. The summed E-state index contributed by atoms with van der Waals surface area (Å²) >= 11 is 1.48. The lowest BCUT2D eigenvalue weighted by atomic mass is 10.0. The van der Waals surface area contributed by atoms with Gasteiger partial charge in [-0.25, -0.2) is 14.2 Å². The van der Waals surface area contributed by atoms with Crippen molar-refractivity contribution in [3.63, 3.8) is 0 Å². The van der Waals surface area contributed by atoms with Crippen LogP contribution in [-0.2, 0) is 0 Å². The first-order valence-electron chi connectivity index (χ1n) is 5.93. The molecule has 0 aliphatic rings. The van der Waals surface area contributed by atoms with Gasteiger partial charge in [0.2, 0.25) is 0 Å². The largest absolute Gasteiger partial charge is 0.478 e. The van der Waals surface area contributed by atoms with Gasteiger partial charge in [-0.15, -0.1) is 0 Å². The van der Waals surface area contributed by atoms with Gasteiger partial charge in [0.25, 0.3) is 0 Å². The Balaban J connectivity index is 2.40. The summed E-state index contributed by atoms with van der Waals surface area (Å²) in [5.74, 6) is -1.58. The monoisotopic (exact) mass is 287 g/mol. The zero-order valence-electron chi connectivity index (χ0n) is 10.6. The number of hydrogen-bond acceptors (Lipinski definition) is 3. The molecule has 0 saturated carbocycles. The van der Waals surface area contributed by atoms with E-state index >= 15 is 0 Å². The van der Waals surface area contributed by atoms with Crippen LogP contribution in [0.1, 0.15) is 15.9 Å². The van der Waals surface area contributed by atoms with Gasteiger partial charge in [-0.3, -0.25) is 0 Å². The molecule has 0 unspecified atom stereocenters. The number of carbonyl (C=O) groups is 1. The fourth-order valence-corrected chi connectivity index (χ4v) is 2.81. The van der Waals surface area contributed by atoms with Crippen LogP contribution in [-0.4, -0.2) is 16.1 Å². The molecule has 0 spiro atoms. The summed E-state index contributed by atoms with van der Waals surface area (Å²) in [6.07, 6.45) is 0. The average Bonchev–Trinajstić information content (AvgIpc) is 2.91. The van der Waals surface area contributed by atoms with Gasteiger partial charge in [-0.1, -0.05) is 0 Å². The molecule has 2 heterocycles. The van der Waals surface area contributed by atoms with Crippen molar-refractivity contribution in [1.29, 1.82) is 0 Å². The standard InChI is InChI=1S/C15H10FNO2S/c1-8-4-10-11(15(18)19)6-13(9-2-3-20-7-9)17-14(10)12(16)5-8/h2-7H,1H3,(H,18,19). The smallest absolute Gasteiger partial charge is 0.336 e. The maximum atomic E-state index is 14.1. The fourth-order valence-electron chi connectivity index (χ4n) is 2.16. The maximum absolute atomic E-state index is 14.1. The van der Waals surface area contributed by atoms with Crippen LogP contribution in [0, 0.1) is 12.7 Å². The zero-order valence-corrected chi connectivity index (χ0v) is 11.4. The average molecular weight is 287 g/mol. The second-order valence-electron chi connectivity index (χ2n) is 4.52. The molecule has 1 N–H and O–H groups in total. The molecule has 2 aromatic heterocycles. The van der Waals surface area contributed by atoms with Gasteiger partial charge in [0, 0.05) is 16.3 Å². The summed E-state index contributed by atoms with van der Waals surface area (Å²) < 4.78 is 14.1. The molecule has 0 aliphatic carbocycles. The summed E-state index contributed by atoms with van der Waals surface area (Å²) in [4.78, 5) is 15.7. The van der Waals surface area contributed by atoms with Crippen LogP contribution in [0.5, 0.6) is 0 Å². The van der Waals surface area contributed by atoms with Crippen LogP contribution in [0.25, 0.3) is 22.2 Å². The van der Waals surface area contributed by atoms with Crippen molar-refractivity contribution in [2.45, 2.75) is 6.92 Å². The zero-order chi connectivity index (χ0) is 14.3. The third-order valence-corrected chi connectivity index (χ3v) is 3.74. The molecule has 5 heteroatoms. The molecule has 3 rings (SSSR count). The van der Waals surface area contributed by atoms with Crippen LogP contribution in [0.2, 0.25) is 0 Å². The Morgan fingerprint density at radius 1 is 1.35 bits per heavy atom. The van der Waals surface area contributed by atoms with E-state index < -0.39 is 11.8 Å². The van der Waals surface area contributed by atoms with Crippen molar-refractivity contribution in [2.24, 2.45) is 0 Å². The predicted octanol–water partition coefficient (Wildman–Crippen LogP) is 4.11. The van der Waals surface area contributed by atoms with Crippen LogP contribution >= 0.6 is 11.3 Å². The fraction of sp³-hybridized carbons (Fsp3) is 0.0667. The van der Waals surface area contributed by atoms with Crippen LogP contribution in [0.4, 0.5) is 4.39 Å². The number of aromatic carboxylic acids is 1. The van der Waals surface area contributed by atoms with Gasteiger partial charge in [0.15, 0.2) is 0 Å². The first kappa shape index (κ1) is 12.7. The normalized spacial score (nSPS) is 10.9. The molecule has 100 valence electrons. The number of thiophene rings is 1. The van der Waals surface area contributed by atoms with E-state index in [0.29, 0.717) is 16.6 Å². The Bertz CT molecular complexity index is 812. The number of carboxylic acid groups (broad SMARTS) is 1. The van der Waals surface area contributed by atoms with E-state index in [1.807, 2.05) is 16.8 Å². The molecule has 3 aromatic rings. The van der Waals surface area contributed by atoms with E-state index in [1.165, 1.54) is 23.5 Å². The van der Waals surface area contributed by atoms with Gasteiger partial charge in [0.1, 0.15) is 11.3 Å². The molecule has 0 atom stereocenters. The SMILES string of the molecule is Cc1cc(F)c2nc(-c3ccsc3)cc(C(=O)O)c2c1. The minimum atomic E-state index is -1.08. The number of pyridine rings is 1. The molecule has 0 bridgehead atoms. The van der Waals surface area contributed by atoms with Crippen molar-refractivity contribution in [1.82, 2.24) is 4.98 Å². The van der Waals surface area contributed by atoms with Crippen molar-refractivity contribution < 1.29 is 14.3 Å². The molecular weight excluding hydrogens is 277 g/mol. The van der Waals surface area contributed by atoms with Crippen molar-refractivity contribution in [2.75, 3.05) is 0 Å². The highest BCUT2D eigenvalue weighted by atomic mass is 32.1. The van der Waals surface area contributed by atoms with E-state index in [2.05, 4.69) is 4.98 Å². The van der Waals surface area contributed by atoms with Gasteiger partial charge >= 0.3 is 5.97 Å². The minimum absolute atomic E-state index is 0.0683. The van der Waals surface area contributed by atoms with Gasteiger partial charge in [-0.2, -0.15) is 11.3 Å². The van der Waals surface area contributed by atoms with Gasteiger partial charge in [0.05, 0.1) is 11.3 Å². The number of aryl methyl sites for hydroxylation is 1. The Kier molecular flexibility index (Phi) is 2.99. The Labute approximate surface area is 118 Å². The number of nitrogens with zero attached hydrogens (tertiary/aromatic N) is 1. The Morgan fingerprint density at radius 3 is 2.80 bits per heavy atom. The van der Waals surface area contributed by atoms with E-state index in [1.54, 1.807) is 13.0 Å². The first-order valence-corrected chi connectivity index (χ1v) is 6.87. The molecule has 20 heavy (non-hydrogen) atoms. The molecule has 3 nitrogen and oxygen atoms in total. The molecule has 0 radical (unpaired) electrons. The second kappa shape index (κ2) is 4.68. The van der Waals surface area contributed by atoms with E-state index in [0.717, 1.165) is 5.56 Å². The van der Waals surface area contributed by atoms with E-state index in [-0.39, 0.29) is 11.1 Å². The number of aromatic nitrogens is 1.